The minimum Gasteiger partial charge on any atom is -0.453 e. The zero-order valence-electron chi connectivity index (χ0n) is 34.8. The van der Waals surface area contributed by atoms with Crippen LogP contribution in [-0.4, -0.2) is 49.4 Å². The van der Waals surface area contributed by atoms with Crippen LogP contribution in [0.5, 0.6) is 0 Å². The molecule has 0 amide bonds. The smallest absolute Gasteiger partial charge is 0.323 e. The molecule has 2 aliphatic carbocycles. The van der Waals surface area contributed by atoms with E-state index in [1.807, 2.05) is 56.4 Å². The van der Waals surface area contributed by atoms with E-state index in [0.717, 1.165) is 51.9 Å². The largest absolute Gasteiger partial charge is 0.453 e. The lowest BCUT2D eigenvalue weighted by molar-refractivity contribution is -0.157. The summed E-state index contributed by atoms with van der Waals surface area (Å²) in [6.07, 6.45) is 30.5. The van der Waals surface area contributed by atoms with Crippen molar-refractivity contribution in [3.05, 3.63) is 130 Å². The van der Waals surface area contributed by atoms with E-state index < -0.39 is 18.1 Å². The van der Waals surface area contributed by atoms with Gasteiger partial charge in [-0.3, -0.25) is 14.4 Å². The number of unbranched alkanes of at least 4 members (excludes halogenated alkanes) is 1. The number of nitrogens with two attached hydrogens (primary N) is 2. The molecule has 0 aliphatic heterocycles. The van der Waals surface area contributed by atoms with E-state index in [4.69, 9.17) is 20.9 Å². The molecule has 0 saturated heterocycles. The lowest BCUT2D eigenvalue weighted by atomic mass is 9.71. The van der Waals surface area contributed by atoms with Gasteiger partial charge in [-0.15, -0.1) is 0 Å². The van der Waals surface area contributed by atoms with Crippen LogP contribution in [0, 0.1) is 10.8 Å². The molecule has 0 aromatic carbocycles. The highest BCUT2D eigenvalue weighted by atomic mass is 16.5. The van der Waals surface area contributed by atoms with Gasteiger partial charge < -0.3 is 20.9 Å². The van der Waals surface area contributed by atoms with E-state index in [-0.39, 0.29) is 28.5 Å². The van der Waals surface area contributed by atoms with Crippen LogP contribution < -0.4 is 11.5 Å². The van der Waals surface area contributed by atoms with Crippen LogP contribution in [0.4, 0.5) is 0 Å². The summed E-state index contributed by atoms with van der Waals surface area (Å²) in [4.78, 5) is 38.4. The maximum Gasteiger partial charge on any atom is 0.323 e. The van der Waals surface area contributed by atoms with Crippen molar-refractivity contribution in [3.63, 3.8) is 0 Å². The Bertz CT molecular complexity index is 1710. The van der Waals surface area contributed by atoms with Crippen LogP contribution in [0.25, 0.3) is 0 Å². The lowest BCUT2D eigenvalue weighted by Gasteiger charge is -2.36. The molecule has 0 fully saturated rings. The van der Waals surface area contributed by atoms with Gasteiger partial charge in [-0.2, -0.15) is 0 Å². The number of rotatable bonds is 17. The van der Waals surface area contributed by atoms with Gasteiger partial charge in [-0.05, 0) is 100 Å². The molecular formula is C47H66N2O5. The van der Waals surface area contributed by atoms with Gasteiger partial charge in [0.2, 0.25) is 0 Å². The number of methoxy groups -OCH3 is 1. The summed E-state index contributed by atoms with van der Waals surface area (Å²) in [6.45, 7) is 20.9. The van der Waals surface area contributed by atoms with E-state index in [1.54, 1.807) is 14.0 Å². The zero-order valence-corrected chi connectivity index (χ0v) is 34.8. The summed E-state index contributed by atoms with van der Waals surface area (Å²) in [5.74, 6) is -0.625. The average molecular weight is 739 g/mol. The molecule has 0 spiro atoms. The molecule has 0 saturated carbocycles. The Hall–Kier alpha value is -4.17. The predicted octanol–water partition coefficient (Wildman–Crippen LogP) is 9.57. The Morgan fingerprint density at radius 3 is 1.56 bits per heavy atom. The topological polar surface area (TPSA) is 122 Å². The molecule has 2 aliphatic rings. The molecule has 0 bridgehead atoms. The molecule has 4 N–H and O–H groups in total. The number of Topliss-reactive ketones (excluding diaryl/α,β-unsaturated/α-hetero) is 2. The molecule has 0 aromatic heterocycles. The second-order valence-electron chi connectivity index (χ2n) is 15.9. The first-order valence-corrected chi connectivity index (χ1v) is 19.1. The third kappa shape index (κ3) is 14.2. The molecule has 0 heterocycles. The first-order chi connectivity index (χ1) is 25.3. The molecule has 294 valence electrons. The number of esters is 1. The van der Waals surface area contributed by atoms with Crippen molar-refractivity contribution < 1.29 is 23.9 Å². The molecule has 2 rings (SSSR count). The number of hydrogen-bond acceptors (Lipinski definition) is 7. The normalized spacial score (nSPS) is 22.7. The van der Waals surface area contributed by atoms with Crippen molar-refractivity contribution in [2.75, 3.05) is 13.7 Å². The van der Waals surface area contributed by atoms with Crippen molar-refractivity contribution in [2.45, 2.75) is 120 Å². The molecular weight excluding hydrogens is 673 g/mol. The highest BCUT2D eigenvalue weighted by Gasteiger charge is 2.40. The molecule has 3 unspecified atom stereocenters. The maximum absolute atomic E-state index is 13.2. The van der Waals surface area contributed by atoms with E-state index in [9.17, 15) is 14.4 Å². The Kier molecular flexibility index (Phi) is 18.4. The molecule has 7 heteroatoms. The monoisotopic (exact) mass is 738 g/mol. The van der Waals surface area contributed by atoms with Gasteiger partial charge in [0, 0.05) is 13.5 Å². The van der Waals surface area contributed by atoms with E-state index in [2.05, 4.69) is 91.0 Å². The quantitative estimate of drug-likeness (QED) is 0.0866. The van der Waals surface area contributed by atoms with E-state index in [0.29, 0.717) is 31.4 Å². The minimum atomic E-state index is -0.827. The minimum absolute atomic E-state index is 0.0752. The number of carbonyl (C=O) groups excluding carboxylic acids is 3. The standard InChI is InChI=1S/C47H66N2O5/c1-32(20-16-22-34(3)25-27-38-36(5)43(50)41(53-11)30-46(38,7)8)18-12-13-19-33(2)21-17-23-35(4)26-28-39-37(6)44(51)42(31-47(39,9)10)54-45(52)40(49)24-14-15-29-48/h12-13,16-23,25-28,40-42H,14-15,24,29-31,48-49H2,1-11H3/b13-12+,20-16+,21-17+,27-25+,28-26+,32-18+,33-19+,34-22+,35-23+. The van der Waals surface area contributed by atoms with Gasteiger partial charge in [0.25, 0.3) is 0 Å². The number of ether oxygens (including phenoxy) is 2. The second kappa shape index (κ2) is 21.7. The van der Waals surface area contributed by atoms with E-state index >= 15 is 0 Å². The molecule has 0 radical (unpaired) electrons. The fourth-order valence-corrected chi connectivity index (χ4v) is 6.71. The molecule has 54 heavy (non-hydrogen) atoms. The Balaban J connectivity index is 1.97. The van der Waals surface area contributed by atoms with Crippen LogP contribution in [0.2, 0.25) is 0 Å². The van der Waals surface area contributed by atoms with Crippen molar-refractivity contribution in [1.29, 1.82) is 0 Å². The third-order valence-electron chi connectivity index (χ3n) is 10.1. The molecule has 0 aromatic rings. The van der Waals surface area contributed by atoms with Gasteiger partial charge in [0.05, 0.1) is 0 Å². The highest BCUT2D eigenvalue weighted by molar-refractivity contribution is 6.02. The molecule has 3 atom stereocenters. The average Bonchev–Trinajstić information content (AvgIpc) is 3.10. The van der Waals surface area contributed by atoms with Gasteiger partial charge in [-0.25, -0.2) is 0 Å². The SMILES string of the molecule is COC1CC(C)(C)C(/C=C/C(C)=C/C=C/C(C)=C/C=C/C=C(C)/C=C/C=C(C)/C=C/C2=C(C)C(=O)C(OC(=O)C(N)CCCCN)CC2(C)C)=C(C)C1=O. The Labute approximate surface area is 325 Å². The van der Waals surface area contributed by atoms with Crippen LogP contribution in [0.1, 0.15) is 101 Å². The number of hydrogen-bond donors (Lipinski definition) is 2. The Morgan fingerprint density at radius 2 is 1.11 bits per heavy atom. The zero-order chi connectivity index (χ0) is 40.6. The number of ketones is 2. The van der Waals surface area contributed by atoms with E-state index in [1.165, 1.54) is 0 Å². The fraction of sp³-hybridized carbons (Fsp3) is 0.468. The van der Waals surface area contributed by atoms with Crippen molar-refractivity contribution in [3.8, 4) is 0 Å². The Morgan fingerprint density at radius 1 is 0.704 bits per heavy atom. The third-order valence-corrected chi connectivity index (χ3v) is 10.1. The summed E-state index contributed by atoms with van der Waals surface area (Å²) in [7, 11) is 1.60. The lowest BCUT2D eigenvalue weighted by Crippen LogP contribution is -2.42. The van der Waals surface area contributed by atoms with Crippen LogP contribution in [-0.2, 0) is 23.9 Å². The summed E-state index contributed by atoms with van der Waals surface area (Å²) in [5.41, 5.74) is 18.8. The fourth-order valence-electron chi connectivity index (χ4n) is 6.71. The van der Waals surface area contributed by atoms with Crippen molar-refractivity contribution in [1.82, 2.24) is 0 Å². The van der Waals surface area contributed by atoms with Crippen LogP contribution in [0.3, 0.4) is 0 Å². The summed E-state index contributed by atoms with van der Waals surface area (Å²) in [5, 5.41) is 0. The van der Waals surface area contributed by atoms with Gasteiger partial charge in [0.1, 0.15) is 12.1 Å². The number of allylic oxidation sites excluding steroid dienone is 20. The van der Waals surface area contributed by atoms with Crippen molar-refractivity contribution in [2.24, 2.45) is 22.3 Å². The van der Waals surface area contributed by atoms with Crippen LogP contribution in [0.15, 0.2) is 130 Å². The highest BCUT2D eigenvalue weighted by Crippen LogP contribution is 2.42. The predicted molar refractivity (Wildman–Crippen MR) is 224 cm³/mol. The number of carbonyl (C=O) groups is 3. The summed E-state index contributed by atoms with van der Waals surface area (Å²) >= 11 is 0. The first kappa shape index (κ1) is 46.0. The summed E-state index contributed by atoms with van der Waals surface area (Å²) < 4.78 is 11.0. The van der Waals surface area contributed by atoms with Gasteiger partial charge >= 0.3 is 5.97 Å². The van der Waals surface area contributed by atoms with Crippen molar-refractivity contribution >= 4 is 17.5 Å². The second-order valence-corrected chi connectivity index (χ2v) is 15.9. The molecule has 7 nitrogen and oxygen atoms in total. The first-order valence-electron chi connectivity index (χ1n) is 19.1. The maximum atomic E-state index is 13.2. The van der Waals surface area contributed by atoms with Crippen LogP contribution >= 0.6 is 0 Å². The summed E-state index contributed by atoms with van der Waals surface area (Å²) in [6, 6.07) is -0.752. The van der Waals surface area contributed by atoms with Gasteiger partial charge in [0.15, 0.2) is 17.7 Å². The van der Waals surface area contributed by atoms with Gasteiger partial charge in [-0.1, -0.05) is 141 Å².